The zero-order chi connectivity index (χ0) is 16.8. The highest BCUT2D eigenvalue weighted by molar-refractivity contribution is 5.96. The summed E-state index contributed by atoms with van der Waals surface area (Å²) in [5, 5.41) is 5.64. The second kappa shape index (κ2) is 8.21. The van der Waals surface area contributed by atoms with E-state index in [0.717, 1.165) is 38.9 Å². The molecule has 2 atom stereocenters. The molecule has 2 aliphatic heterocycles. The van der Waals surface area contributed by atoms with Gasteiger partial charge in [0.15, 0.2) is 0 Å². The van der Waals surface area contributed by atoms with Gasteiger partial charge in [0.25, 0.3) is 11.8 Å². The van der Waals surface area contributed by atoms with Crippen LogP contribution >= 0.6 is 0 Å². The molecule has 24 heavy (non-hydrogen) atoms. The van der Waals surface area contributed by atoms with Crippen molar-refractivity contribution < 1.29 is 19.1 Å². The van der Waals surface area contributed by atoms with Crippen LogP contribution in [0.25, 0.3) is 0 Å². The number of aromatic nitrogens is 1. The lowest BCUT2D eigenvalue weighted by Crippen LogP contribution is -2.33. The van der Waals surface area contributed by atoms with Gasteiger partial charge in [0, 0.05) is 32.5 Å². The molecule has 3 heterocycles. The molecular formula is C17H23N3O4. The summed E-state index contributed by atoms with van der Waals surface area (Å²) >= 11 is 0. The minimum absolute atomic E-state index is 0.0943. The van der Waals surface area contributed by atoms with E-state index in [9.17, 15) is 9.59 Å². The maximum Gasteiger partial charge on any atom is 0.269 e. The highest BCUT2D eigenvalue weighted by Gasteiger charge is 2.18. The van der Waals surface area contributed by atoms with Gasteiger partial charge >= 0.3 is 0 Å². The Labute approximate surface area is 141 Å². The Kier molecular flexibility index (Phi) is 5.77. The van der Waals surface area contributed by atoms with Gasteiger partial charge in [-0.05, 0) is 37.8 Å². The van der Waals surface area contributed by atoms with E-state index in [1.807, 2.05) is 0 Å². The summed E-state index contributed by atoms with van der Waals surface area (Å²) in [5.74, 6) is -0.457. The number of carbonyl (C=O) groups is 2. The monoisotopic (exact) mass is 333 g/mol. The molecule has 0 spiro atoms. The molecule has 2 aliphatic rings. The van der Waals surface area contributed by atoms with Crippen LogP contribution in [-0.4, -0.2) is 55.3 Å². The van der Waals surface area contributed by atoms with Crippen molar-refractivity contribution in [1.29, 1.82) is 0 Å². The van der Waals surface area contributed by atoms with Gasteiger partial charge in [-0.3, -0.25) is 14.6 Å². The third-order valence-corrected chi connectivity index (χ3v) is 4.29. The Bertz CT molecular complexity index is 513. The van der Waals surface area contributed by atoms with Gasteiger partial charge < -0.3 is 20.1 Å². The number of hydrogen-bond donors (Lipinski definition) is 2. The molecule has 1 aromatic rings. The molecule has 2 amide bonds. The number of pyridine rings is 1. The molecule has 2 unspecified atom stereocenters. The van der Waals surface area contributed by atoms with Crippen LogP contribution in [0.4, 0.5) is 0 Å². The first-order chi connectivity index (χ1) is 11.7. The van der Waals surface area contributed by atoms with Crippen LogP contribution in [0.5, 0.6) is 0 Å². The largest absolute Gasteiger partial charge is 0.376 e. The Morgan fingerprint density at radius 2 is 1.62 bits per heavy atom. The van der Waals surface area contributed by atoms with E-state index >= 15 is 0 Å². The summed E-state index contributed by atoms with van der Waals surface area (Å²) in [5.41, 5.74) is 0.729. The molecule has 7 heteroatoms. The fourth-order valence-electron chi connectivity index (χ4n) is 2.88. The first-order valence-electron chi connectivity index (χ1n) is 8.48. The van der Waals surface area contributed by atoms with Gasteiger partial charge in [0.1, 0.15) is 5.69 Å². The number of hydrogen-bond acceptors (Lipinski definition) is 5. The lowest BCUT2D eigenvalue weighted by Gasteiger charge is -2.11. The van der Waals surface area contributed by atoms with Crippen molar-refractivity contribution in [2.45, 2.75) is 37.9 Å². The maximum absolute atomic E-state index is 12.1. The van der Waals surface area contributed by atoms with E-state index in [2.05, 4.69) is 15.6 Å². The Balaban J connectivity index is 1.46. The number of carbonyl (C=O) groups excluding carboxylic acids is 2. The summed E-state index contributed by atoms with van der Waals surface area (Å²) < 4.78 is 10.9. The fourth-order valence-corrected chi connectivity index (χ4v) is 2.88. The second-order valence-corrected chi connectivity index (χ2v) is 6.12. The smallest absolute Gasteiger partial charge is 0.269 e. The molecule has 0 aliphatic carbocycles. The lowest BCUT2D eigenvalue weighted by atomic mass is 10.2. The standard InChI is InChI=1S/C17H23N3O4/c21-16(19-10-13-3-1-7-23-13)12-5-6-15(18-9-12)17(22)20-11-14-4-2-8-24-14/h5-6,9,13-14H,1-4,7-8,10-11H2,(H,19,21)(H,20,22). The van der Waals surface area contributed by atoms with Crippen molar-refractivity contribution in [3.05, 3.63) is 29.6 Å². The average Bonchev–Trinajstić information content (AvgIpc) is 3.31. The van der Waals surface area contributed by atoms with Crippen LogP contribution in [0.3, 0.4) is 0 Å². The van der Waals surface area contributed by atoms with E-state index in [0.29, 0.717) is 24.3 Å². The summed E-state index contributed by atoms with van der Waals surface area (Å²) in [4.78, 5) is 28.2. The Hall–Kier alpha value is -1.99. The van der Waals surface area contributed by atoms with Crippen molar-refractivity contribution in [3.8, 4) is 0 Å². The number of ether oxygens (including phenoxy) is 2. The maximum atomic E-state index is 12.1. The predicted molar refractivity (Wildman–Crippen MR) is 86.9 cm³/mol. The molecule has 0 radical (unpaired) electrons. The molecule has 3 rings (SSSR count). The van der Waals surface area contributed by atoms with Gasteiger partial charge in [0.2, 0.25) is 0 Å². The highest BCUT2D eigenvalue weighted by atomic mass is 16.5. The van der Waals surface area contributed by atoms with Crippen LogP contribution in [0.15, 0.2) is 18.3 Å². The molecule has 130 valence electrons. The van der Waals surface area contributed by atoms with Gasteiger partial charge in [-0.1, -0.05) is 0 Å². The molecule has 7 nitrogen and oxygen atoms in total. The summed E-state index contributed by atoms with van der Waals surface area (Å²) in [6, 6.07) is 3.17. The number of nitrogens with one attached hydrogen (secondary N) is 2. The molecule has 1 aromatic heterocycles. The summed E-state index contributed by atoms with van der Waals surface area (Å²) in [7, 11) is 0. The zero-order valence-corrected chi connectivity index (χ0v) is 13.6. The van der Waals surface area contributed by atoms with Gasteiger partial charge in [-0.2, -0.15) is 0 Å². The van der Waals surface area contributed by atoms with Crippen molar-refractivity contribution in [2.24, 2.45) is 0 Å². The van der Waals surface area contributed by atoms with Gasteiger partial charge in [0.05, 0.1) is 17.8 Å². The second-order valence-electron chi connectivity index (χ2n) is 6.12. The third kappa shape index (κ3) is 4.52. The summed E-state index contributed by atoms with van der Waals surface area (Å²) in [6.45, 7) is 2.51. The lowest BCUT2D eigenvalue weighted by molar-refractivity contribution is 0.0847. The number of amides is 2. The van der Waals surface area contributed by atoms with Crippen LogP contribution in [0.2, 0.25) is 0 Å². The van der Waals surface area contributed by atoms with Gasteiger partial charge in [-0.15, -0.1) is 0 Å². The molecular weight excluding hydrogens is 310 g/mol. The van der Waals surface area contributed by atoms with E-state index < -0.39 is 0 Å². The third-order valence-electron chi connectivity index (χ3n) is 4.29. The normalized spacial score (nSPS) is 23.2. The molecule has 0 bridgehead atoms. The van der Waals surface area contributed by atoms with Crippen LogP contribution in [0.1, 0.15) is 46.5 Å². The molecule has 2 fully saturated rings. The van der Waals surface area contributed by atoms with E-state index in [1.54, 1.807) is 12.1 Å². The first-order valence-corrected chi connectivity index (χ1v) is 8.48. The van der Waals surface area contributed by atoms with Crippen molar-refractivity contribution in [1.82, 2.24) is 15.6 Å². The molecule has 0 aromatic carbocycles. The van der Waals surface area contributed by atoms with Gasteiger partial charge in [-0.25, -0.2) is 0 Å². The average molecular weight is 333 g/mol. The van der Waals surface area contributed by atoms with Crippen LogP contribution < -0.4 is 10.6 Å². The molecule has 2 N–H and O–H groups in total. The first kappa shape index (κ1) is 16.9. The molecule has 0 saturated carbocycles. The minimum atomic E-state index is -0.253. The topological polar surface area (TPSA) is 89.5 Å². The minimum Gasteiger partial charge on any atom is -0.376 e. The van der Waals surface area contributed by atoms with Crippen molar-refractivity contribution >= 4 is 11.8 Å². The fraction of sp³-hybridized carbons (Fsp3) is 0.588. The number of nitrogens with zero attached hydrogens (tertiary/aromatic N) is 1. The van der Waals surface area contributed by atoms with Crippen molar-refractivity contribution in [3.63, 3.8) is 0 Å². The quantitative estimate of drug-likeness (QED) is 0.807. The van der Waals surface area contributed by atoms with E-state index in [-0.39, 0.29) is 24.0 Å². The Morgan fingerprint density at radius 3 is 2.12 bits per heavy atom. The molecule has 2 saturated heterocycles. The van der Waals surface area contributed by atoms with E-state index in [1.165, 1.54) is 6.20 Å². The van der Waals surface area contributed by atoms with Crippen LogP contribution in [-0.2, 0) is 9.47 Å². The predicted octanol–water partition coefficient (Wildman–Crippen LogP) is 0.899. The zero-order valence-electron chi connectivity index (χ0n) is 13.6. The summed E-state index contributed by atoms with van der Waals surface area (Å²) in [6.07, 6.45) is 5.64. The highest BCUT2D eigenvalue weighted by Crippen LogP contribution is 2.12. The van der Waals surface area contributed by atoms with Crippen LogP contribution in [0, 0.1) is 0 Å². The van der Waals surface area contributed by atoms with Crippen molar-refractivity contribution in [2.75, 3.05) is 26.3 Å². The van der Waals surface area contributed by atoms with E-state index in [4.69, 9.17) is 9.47 Å². The Morgan fingerprint density at radius 1 is 1.00 bits per heavy atom. The number of rotatable bonds is 6. The SMILES string of the molecule is O=C(NCC1CCCO1)c1ccc(C(=O)NCC2CCCO2)nc1.